The fourth-order valence-corrected chi connectivity index (χ4v) is 2.93. The van der Waals surface area contributed by atoms with Crippen molar-refractivity contribution in [3.05, 3.63) is 18.0 Å². The average Bonchev–Trinajstić information content (AvgIpc) is 2.77. The quantitative estimate of drug-likeness (QED) is 0.743. The lowest BCUT2D eigenvalue weighted by Gasteiger charge is -2.39. The number of aromatic nitrogens is 2. The number of hydrogen-bond acceptors (Lipinski definition) is 4. The SMILES string of the molecule is Cc1ccnc(N2CCCC3(CCCO3)C2)n1. The molecule has 1 aromatic rings. The fourth-order valence-electron chi connectivity index (χ4n) is 2.93. The Kier molecular flexibility index (Phi) is 2.74. The first-order chi connectivity index (χ1) is 8.27. The Bertz CT molecular complexity index is 401. The Morgan fingerprint density at radius 3 is 3.00 bits per heavy atom. The van der Waals surface area contributed by atoms with E-state index in [1.165, 1.54) is 25.7 Å². The fraction of sp³-hybridized carbons (Fsp3) is 0.692. The summed E-state index contributed by atoms with van der Waals surface area (Å²) in [5, 5.41) is 0. The van der Waals surface area contributed by atoms with E-state index in [9.17, 15) is 0 Å². The molecule has 17 heavy (non-hydrogen) atoms. The van der Waals surface area contributed by atoms with Gasteiger partial charge in [-0.1, -0.05) is 0 Å². The van der Waals surface area contributed by atoms with E-state index in [1.54, 1.807) is 0 Å². The van der Waals surface area contributed by atoms with Crippen molar-refractivity contribution in [3.63, 3.8) is 0 Å². The molecule has 0 aliphatic carbocycles. The van der Waals surface area contributed by atoms with Crippen molar-refractivity contribution in [2.45, 2.75) is 38.2 Å². The normalized spacial score (nSPS) is 28.9. The Morgan fingerprint density at radius 2 is 2.24 bits per heavy atom. The average molecular weight is 233 g/mol. The van der Waals surface area contributed by atoms with E-state index < -0.39 is 0 Å². The maximum absolute atomic E-state index is 5.97. The predicted octanol–water partition coefficient (Wildman–Crippen LogP) is 1.93. The topological polar surface area (TPSA) is 38.2 Å². The molecule has 1 spiro atoms. The van der Waals surface area contributed by atoms with Crippen molar-refractivity contribution in [1.29, 1.82) is 0 Å². The molecular formula is C13H19N3O. The molecular weight excluding hydrogens is 214 g/mol. The Balaban J connectivity index is 1.79. The van der Waals surface area contributed by atoms with E-state index in [2.05, 4.69) is 14.9 Å². The lowest BCUT2D eigenvalue weighted by atomic mass is 9.90. The van der Waals surface area contributed by atoms with Crippen molar-refractivity contribution in [2.24, 2.45) is 0 Å². The highest BCUT2D eigenvalue weighted by Gasteiger charge is 2.39. The first-order valence-corrected chi connectivity index (χ1v) is 6.46. The van der Waals surface area contributed by atoms with Crippen LogP contribution in [0.4, 0.5) is 5.95 Å². The first-order valence-electron chi connectivity index (χ1n) is 6.46. The predicted molar refractivity (Wildman–Crippen MR) is 66.1 cm³/mol. The van der Waals surface area contributed by atoms with E-state index >= 15 is 0 Å². The highest BCUT2D eigenvalue weighted by Crippen LogP contribution is 2.35. The second-order valence-electron chi connectivity index (χ2n) is 5.16. The van der Waals surface area contributed by atoms with Crippen molar-refractivity contribution in [3.8, 4) is 0 Å². The lowest BCUT2D eigenvalue weighted by Crippen LogP contribution is -2.48. The highest BCUT2D eigenvalue weighted by molar-refractivity contribution is 5.32. The van der Waals surface area contributed by atoms with Crippen LogP contribution in [0.2, 0.25) is 0 Å². The lowest BCUT2D eigenvalue weighted by molar-refractivity contribution is -0.00653. The molecule has 1 unspecified atom stereocenters. The summed E-state index contributed by atoms with van der Waals surface area (Å²) in [7, 11) is 0. The van der Waals surface area contributed by atoms with Gasteiger partial charge in [0.25, 0.3) is 0 Å². The number of nitrogens with zero attached hydrogens (tertiary/aromatic N) is 3. The van der Waals surface area contributed by atoms with E-state index in [-0.39, 0.29) is 5.60 Å². The molecule has 0 N–H and O–H groups in total. The van der Waals surface area contributed by atoms with E-state index in [0.29, 0.717) is 0 Å². The van der Waals surface area contributed by atoms with Crippen LogP contribution in [0.1, 0.15) is 31.4 Å². The molecule has 1 atom stereocenters. The van der Waals surface area contributed by atoms with Gasteiger partial charge in [-0.2, -0.15) is 0 Å². The number of anilines is 1. The van der Waals surface area contributed by atoms with Crippen molar-refractivity contribution in [2.75, 3.05) is 24.6 Å². The summed E-state index contributed by atoms with van der Waals surface area (Å²) < 4.78 is 5.97. The largest absolute Gasteiger partial charge is 0.373 e. The minimum Gasteiger partial charge on any atom is -0.373 e. The summed E-state index contributed by atoms with van der Waals surface area (Å²) in [5.74, 6) is 0.861. The maximum atomic E-state index is 5.97. The van der Waals surface area contributed by atoms with Crippen LogP contribution in [-0.4, -0.2) is 35.3 Å². The zero-order chi connectivity index (χ0) is 11.7. The summed E-state index contributed by atoms with van der Waals surface area (Å²) in [5.41, 5.74) is 1.12. The van der Waals surface area contributed by atoms with Gasteiger partial charge in [0.15, 0.2) is 0 Å². The molecule has 0 saturated carbocycles. The van der Waals surface area contributed by atoms with Crippen molar-refractivity contribution < 1.29 is 4.74 Å². The molecule has 2 fully saturated rings. The van der Waals surface area contributed by atoms with E-state index in [4.69, 9.17) is 4.74 Å². The molecule has 4 nitrogen and oxygen atoms in total. The molecule has 4 heteroatoms. The Morgan fingerprint density at radius 1 is 1.35 bits per heavy atom. The monoisotopic (exact) mass is 233 g/mol. The van der Waals surface area contributed by atoms with Gasteiger partial charge in [0, 0.05) is 31.6 Å². The van der Waals surface area contributed by atoms with Crippen LogP contribution < -0.4 is 4.90 Å². The van der Waals surface area contributed by atoms with Crippen LogP contribution in [0.3, 0.4) is 0 Å². The number of hydrogen-bond donors (Lipinski definition) is 0. The third-order valence-corrected chi connectivity index (χ3v) is 3.79. The minimum absolute atomic E-state index is 0.0886. The number of rotatable bonds is 1. The maximum Gasteiger partial charge on any atom is 0.225 e. The van der Waals surface area contributed by atoms with Gasteiger partial charge in [0.05, 0.1) is 5.60 Å². The molecule has 92 valence electrons. The third kappa shape index (κ3) is 2.14. The second-order valence-corrected chi connectivity index (χ2v) is 5.16. The molecule has 0 aromatic carbocycles. The zero-order valence-corrected chi connectivity index (χ0v) is 10.4. The standard InChI is InChI=1S/C13H19N3O/c1-11-4-7-14-12(15-11)16-8-2-5-13(10-16)6-3-9-17-13/h4,7H,2-3,5-6,8-10H2,1H3. The van der Waals surface area contributed by atoms with Crippen molar-refractivity contribution in [1.82, 2.24) is 9.97 Å². The molecule has 2 aliphatic heterocycles. The zero-order valence-electron chi connectivity index (χ0n) is 10.4. The second kappa shape index (κ2) is 4.26. The highest BCUT2D eigenvalue weighted by atomic mass is 16.5. The molecule has 3 rings (SSSR count). The van der Waals surface area contributed by atoms with Gasteiger partial charge in [-0.25, -0.2) is 9.97 Å². The van der Waals surface area contributed by atoms with Gasteiger partial charge >= 0.3 is 0 Å². The summed E-state index contributed by atoms with van der Waals surface area (Å²) >= 11 is 0. The number of piperidine rings is 1. The van der Waals surface area contributed by atoms with Gasteiger partial charge in [-0.05, 0) is 38.7 Å². The van der Waals surface area contributed by atoms with Crippen LogP contribution in [-0.2, 0) is 4.74 Å². The van der Waals surface area contributed by atoms with Gasteiger partial charge in [0.1, 0.15) is 0 Å². The number of aryl methyl sites for hydroxylation is 1. The van der Waals surface area contributed by atoms with Gasteiger partial charge in [-0.15, -0.1) is 0 Å². The first kappa shape index (κ1) is 11.0. The van der Waals surface area contributed by atoms with E-state index in [0.717, 1.165) is 31.3 Å². The van der Waals surface area contributed by atoms with Gasteiger partial charge < -0.3 is 9.64 Å². The van der Waals surface area contributed by atoms with E-state index in [1.807, 2.05) is 19.2 Å². The Hall–Kier alpha value is -1.16. The number of ether oxygens (including phenoxy) is 1. The van der Waals surface area contributed by atoms with Crippen LogP contribution in [0.5, 0.6) is 0 Å². The molecule has 0 amide bonds. The minimum atomic E-state index is 0.0886. The molecule has 0 radical (unpaired) electrons. The third-order valence-electron chi connectivity index (χ3n) is 3.79. The van der Waals surface area contributed by atoms with Crippen LogP contribution in [0.25, 0.3) is 0 Å². The van der Waals surface area contributed by atoms with Crippen LogP contribution in [0.15, 0.2) is 12.3 Å². The molecule has 2 saturated heterocycles. The van der Waals surface area contributed by atoms with Gasteiger partial charge in [-0.3, -0.25) is 0 Å². The van der Waals surface area contributed by atoms with Crippen LogP contribution >= 0.6 is 0 Å². The summed E-state index contributed by atoms with van der Waals surface area (Å²) in [6.45, 7) is 4.94. The Labute approximate surface area is 102 Å². The molecule has 3 heterocycles. The molecule has 2 aliphatic rings. The van der Waals surface area contributed by atoms with Gasteiger partial charge in [0.2, 0.25) is 5.95 Å². The smallest absolute Gasteiger partial charge is 0.225 e. The van der Waals surface area contributed by atoms with Crippen LogP contribution in [0, 0.1) is 6.92 Å². The molecule has 0 bridgehead atoms. The summed E-state index contributed by atoms with van der Waals surface area (Å²) in [6.07, 6.45) is 6.60. The summed E-state index contributed by atoms with van der Waals surface area (Å²) in [6, 6.07) is 1.94. The van der Waals surface area contributed by atoms with Crippen molar-refractivity contribution >= 4 is 5.95 Å². The molecule has 1 aromatic heterocycles. The summed E-state index contributed by atoms with van der Waals surface area (Å²) in [4.78, 5) is 11.2.